The Balaban J connectivity index is 0.00000520. The molecule has 1 aromatic rings. The fourth-order valence-electron chi connectivity index (χ4n) is 4.14. The van der Waals surface area contributed by atoms with Gasteiger partial charge in [-0.2, -0.15) is 0 Å². The second kappa shape index (κ2) is 20.7. The maximum atomic E-state index is 13.5. The van der Waals surface area contributed by atoms with E-state index >= 15 is 0 Å². The molecule has 0 spiro atoms. The molecule has 0 radical (unpaired) electrons. The molecular weight excluding hydrogens is 626 g/mol. The van der Waals surface area contributed by atoms with Crippen molar-refractivity contribution in [3.8, 4) is 0 Å². The lowest BCUT2D eigenvalue weighted by Crippen LogP contribution is -2.64. The standard InChI is InChI=1S/C28H47N11O5.C2H4O2/c1-17(40)36-19(12-8-14-34-25(30)31)21(41)38-27(2,3)24(44)37-20(13-9-15-35-26(32)33)22(42)39-28(4,23(29)43)16-18-10-6-5-7-11-18;1-2(3)4/h5-7,10-11,19-20H,8-9,12-16H2,1-4H3,(H2,29,43)(H,36,40)(H,37,44)(H,38,41)(H,39,42)(H4,30,31,34)(H4,32,33,35);1H3,(H,3,4)/t19-,20-,28-;/m0./s1. The number of aliphatic imine (C=N–C) groups is 2. The van der Waals surface area contributed by atoms with Crippen LogP contribution in [0.25, 0.3) is 0 Å². The Labute approximate surface area is 280 Å². The summed E-state index contributed by atoms with van der Waals surface area (Å²) in [5.41, 5.74) is 24.9. The fourth-order valence-corrected chi connectivity index (χ4v) is 4.14. The number of nitrogens with one attached hydrogen (secondary N) is 4. The van der Waals surface area contributed by atoms with Crippen LogP contribution >= 0.6 is 0 Å². The first-order valence-electron chi connectivity index (χ1n) is 15.1. The van der Waals surface area contributed by atoms with Gasteiger partial charge in [-0.3, -0.25) is 38.8 Å². The number of benzene rings is 1. The van der Waals surface area contributed by atoms with Crippen LogP contribution in [-0.4, -0.2) is 88.8 Å². The van der Waals surface area contributed by atoms with Crippen LogP contribution in [0.5, 0.6) is 0 Å². The fraction of sp³-hybridized carbons (Fsp3) is 0.533. The molecule has 18 nitrogen and oxygen atoms in total. The highest BCUT2D eigenvalue weighted by atomic mass is 16.4. The lowest BCUT2D eigenvalue weighted by molar-refractivity contribution is -0.137. The van der Waals surface area contributed by atoms with Crippen LogP contribution in [0.2, 0.25) is 0 Å². The monoisotopic (exact) mass is 677 g/mol. The summed E-state index contributed by atoms with van der Waals surface area (Å²) in [5, 5.41) is 17.9. The maximum Gasteiger partial charge on any atom is 0.300 e. The van der Waals surface area contributed by atoms with Crippen LogP contribution in [0.15, 0.2) is 40.3 Å². The molecule has 0 heterocycles. The van der Waals surface area contributed by atoms with Gasteiger partial charge in [0.25, 0.3) is 5.97 Å². The molecule has 3 atom stereocenters. The summed E-state index contributed by atoms with van der Waals surface area (Å²) < 4.78 is 0. The number of rotatable bonds is 18. The van der Waals surface area contributed by atoms with Gasteiger partial charge in [0.05, 0.1) is 0 Å². The molecule has 1 rings (SSSR count). The normalized spacial score (nSPS) is 13.0. The van der Waals surface area contributed by atoms with Gasteiger partial charge >= 0.3 is 0 Å². The zero-order chi connectivity index (χ0) is 37.1. The minimum Gasteiger partial charge on any atom is -0.481 e. The lowest BCUT2D eigenvalue weighted by Gasteiger charge is -2.32. The van der Waals surface area contributed by atoms with E-state index in [1.54, 1.807) is 24.3 Å². The minimum atomic E-state index is -1.52. The van der Waals surface area contributed by atoms with Crippen molar-refractivity contribution >= 4 is 47.4 Å². The maximum absolute atomic E-state index is 13.5. The molecular formula is C30H51N11O7. The molecule has 0 aliphatic heterocycles. The van der Waals surface area contributed by atoms with Crippen molar-refractivity contribution in [3.05, 3.63) is 35.9 Å². The smallest absolute Gasteiger partial charge is 0.300 e. The van der Waals surface area contributed by atoms with Crippen molar-refractivity contribution in [1.29, 1.82) is 0 Å². The number of carbonyl (C=O) groups is 6. The van der Waals surface area contributed by atoms with E-state index in [9.17, 15) is 24.0 Å². The van der Waals surface area contributed by atoms with E-state index in [-0.39, 0.29) is 44.3 Å². The molecule has 0 fully saturated rings. The summed E-state index contributed by atoms with van der Waals surface area (Å²) >= 11 is 0. The van der Waals surface area contributed by atoms with Crippen LogP contribution in [0, 0.1) is 0 Å². The van der Waals surface area contributed by atoms with Gasteiger partial charge in [-0.15, -0.1) is 0 Å². The van der Waals surface area contributed by atoms with Crippen LogP contribution in [0.4, 0.5) is 0 Å². The molecule has 268 valence electrons. The topological polar surface area (TPSA) is 326 Å². The Morgan fingerprint density at radius 3 is 1.60 bits per heavy atom. The highest BCUT2D eigenvalue weighted by Gasteiger charge is 2.38. The Morgan fingerprint density at radius 1 is 0.750 bits per heavy atom. The van der Waals surface area contributed by atoms with Gasteiger partial charge in [-0.25, -0.2) is 0 Å². The van der Waals surface area contributed by atoms with E-state index in [0.29, 0.717) is 12.8 Å². The average Bonchev–Trinajstić information content (AvgIpc) is 2.95. The molecule has 0 aliphatic carbocycles. The summed E-state index contributed by atoms with van der Waals surface area (Å²) in [4.78, 5) is 81.0. The van der Waals surface area contributed by atoms with Crippen LogP contribution in [-0.2, 0) is 35.2 Å². The number of amides is 5. The summed E-state index contributed by atoms with van der Waals surface area (Å²) in [6, 6.07) is 6.88. The first-order valence-corrected chi connectivity index (χ1v) is 15.1. The van der Waals surface area contributed by atoms with Crippen LogP contribution in [0.3, 0.4) is 0 Å². The Morgan fingerprint density at radius 2 is 1.19 bits per heavy atom. The highest BCUT2D eigenvalue weighted by molar-refractivity contribution is 5.97. The third-order valence-electron chi connectivity index (χ3n) is 6.55. The lowest BCUT2D eigenvalue weighted by atomic mass is 9.91. The van der Waals surface area contributed by atoms with Crippen molar-refractivity contribution in [1.82, 2.24) is 21.3 Å². The van der Waals surface area contributed by atoms with Gasteiger partial charge in [0.2, 0.25) is 29.5 Å². The molecule has 0 saturated carbocycles. The Bertz CT molecular complexity index is 1310. The predicted molar refractivity (Wildman–Crippen MR) is 181 cm³/mol. The Kier molecular flexibility index (Phi) is 18.3. The van der Waals surface area contributed by atoms with Gasteiger partial charge in [-0.1, -0.05) is 30.3 Å². The number of guanidine groups is 2. The summed E-state index contributed by atoms with van der Waals surface area (Å²) in [6.45, 7) is 7.15. The van der Waals surface area contributed by atoms with E-state index in [2.05, 4.69) is 31.3 Å². The second-order valence-electron chi connectivity index (χ2n) is 11.7. The average molecular weight is 678 g/mol. The summed E-state index contributed by atoms with van der Waals surface area (Å²) in [6.07, 6.45) is 1.08. The van der Waals surface area contributed by atoms with E-state index in [4.69, 9.17) is 38.6 Å². The number of hydrogen-bond acceptors (Lipinski definition) is 8. The zero-order valence-electron chi connectivity index (χ0n) is 28.2. The Hall–Kier alpha value is -5.42. The molecule has 0 bridgehead atoms. The molecule has 0 aliphatic rings. The molecule has 5 amide bonds. The van der Waals surface area contributed by atoms with E-state index in [1.807, 2.05) is 6.07 Å². The third-order valence-corrected chi connectivity index (χ3v) is 6.55. The number of carbonyl (C=O) groups excluding carboxylic acids is 5. The number of aliphatic carboxylic acids is 1. The summed E-state index contributed by atoms with van der Waals surface area (Å²) in [5.74, 6) is -4.26. The molecule has 0 aromatic heterocycles. The van der Waals surface area contributed by atoms with Gasteiger partial charge in [-0.05, 0) is 52.0 Å². The van der Waals surface area contributed by atoms with Crippen molar-refractivity contribution in [2.24, 2.45) is 38.7 Å². The van der Waals surface area contributed by atoms with E-state index < -0.39 is 58.7 Å². The number of carboxylic acid groups (broad SMARTS) is 1. The van der Waals surface area contributed by atoms with Crippen molar-refractivity contribution < 1.29 is 33.9 Å². The number of primary amides is 1. The van der Waals surface area contributed by atoms with E-state index in [0.717, 1.165) is 12.5 Å². The van der Waals surface area contributed by atoms with Crippen molar-refractivity contribution in [2.45, 2.75) is 89.9 Å². The molecule has 0 unspecified atom stereocenters. The molecule has 0 saturated heterocycles. The predicted octanol–water partition coefficient (Wildman–Crippen LogP) is -2.33. The van der Waals surface area contributed by atoms with Crippen molar-refractivity contribution in [3.63, 3.8) is 0 Å². The van der Waals surface area contributed by atoms with Crippen LogP contribution < -0.4 is 49.9 Å². The van der Waals surface area contributed by atoms with Gasteiger partial charge in [0.15, 0.2) is 11.9 Å². The molecule has 48 heavy (non-hydrogen) atoms. The second-order valence-corrected chi connectivity index (χ2v) is 11.7. The quantitative estimate of drug-likeness (QED) is 0.0446. The molecule has 1 aromatic carbocycles. The van der Waals surface area contributed by atoms with Gasteiger partial charge in [0.1, 0.15) is 23.2 Å². The first-order chi connectivity index (χ1) is 22.2. The zero-order valence-corrected chi connectivity index (χ0v) is 28.2. The number of carboxylic acids is 1. The first kappa shape index (κ1) is 42.6. The number of nitrogens with two attached hydrogens (primary N) is 5. The van der Waals surface area contributed by atoms with Gasteiger partial charge in [0, 0.05) is 33.4 Å². The number of nitrogens with zero attached hydrogens (tertiary/aromatic N) is 2. The number of hydrogen-bond donors (Lipinski definition) is 10. The van der Waals surface area contributed by atoms with Crippen LogP contribution in [0.1, 0.15) is 65.9 Å². The van der Waals surface area contributed by atoms with E-state index in [1.165, 1.54) is 27.7 Å². The van der Waals surface area contributed by atoms with Crippen molar-refractivity contribution in [2.75, 3.05) is 13.1 Å². The largest absolute Gasteiger partial charge is 0.481 e. The third kappa shape index (κ3) is 17.9. The SMILES string of the molecule is CC(=O)N[C@@H](CCCN=C(N)N)C(=O)NC(C)(C)C(=O)N[C@@H](CCCN=C(N)N)C(=O)N[C@@](C)(Cc1ccccc1)C(N)=O.CC(=O)O. The molecule has 15 N–H and O–H groups in total. The minimum absolute atomic E-state index is 0.0951. The highest BCUT2D eigenvalue weighted by Crippen LogP contribution is 2.15. The molecule has 18 heteroatoms. The summed E-state index contributed by atoms with van der Waals surface area (Å²) in [7, 11) is 0. The van der Waals surface area contributed by atoms with Gasteiger partial charge < -0.3 is 55.0 Å².